The summed E-state index contributed by atoms with van der Waals surface area (Å²) in [5.41, 5.74) is 2.19. The van der Waals surface area contributed by atoms with Crippen molar-refractivity contribution in [2.24, 2.45) is 13.0 Å². The topological polar surface area (TPSA) is 67.1 Å². The van der Waals surface area contributed by atoms with Crippen molar-refractivity contribution in [3.8, 4) is 0 Å². The summed E-state index contributed by atoms with van der Waals surface area (Å²) in [5, 5.41) is 14.8. The van der Waals surface area contributed by atoms with Gasteiger partial charge in [-0.3, -0.25) is 4.68 Å². The van der Waals surface area contributed by atoms with Gasteiger partial charge >= 0.3 is 0 Å². The van der Waals surface area contributed by atoms with Crippen molar-refractivity contribution in [2.75, 3.05) is 24.6 Å². The van der Waals surface area contributed by atoms with E-state index >= 15 is 0 Å². The van der Waals surface area contributed by atoms with Crippen LogP contribution in [0.1, 0.15) is 24.2 Å². The Balaban J connectivity index is 1.61. The number of piperidine rings is 1. The molecule has 0 radical (unpaired) electrons. The Hall–Kier alpha value is -2.47. The van der Waals surface area contributed by atoms with E-state index in [0.29, 0.717) is 5.92 Å². The van der Waals surface area contributed by atoms with E-state index in [4.69, 9.17) is 9.97 Å². The highest BCUT2D eigenvalue weighted by Crippen LogP contribution is 2.28. The molecule has 1 aliphatic rings. The Bertz CT molecular complexity index is 869. The number of nitrogens with zero attached hydrogens (tertiary/aromatic N) is 5. The maximum Gasteiger partial charge on any atom is 0.163 e. The van der Waals surface area contributed by atoms with Crippen LogP contribution in [-0.4, -0.2) is 44.6 Å². The van der Waals surface area contributed by atoms with E-state index in [1.54, 1.807) is 0 Å². The minimum atomic E-state index is 0.280. The van der Waals surface area contributed by atoms with Crippen molar-refractivity contribution in [1.82, 2.24) is 19.7 Å². The molecule has 0 atom stereocenters. The molecule has 6 heteroatoms. The quantitative estimate of drug-likeness (QED) is 0.764. The van der Waals surface area contributed by atoms with Crippen LogP contribution in [0.15, 0.2) is 36.5 Å². The van der Waals surface area contributed by atoms with Crippen LogP contribution in [0.4, 0.5) is 5.82 Å². The number of aromatic nitrogens is 4. The molecule has 4 rings (SSSR count). The maximum atomic E-state index is 9.39. The van der Waals surface area contributed by atoms with Gasteiger partial charge in [0.05, 0.1) is 11.6 Å². The standard InChI is InChI=1S/C20H25N5O/c1-24-19-17(13-21-24)20(25-11-9-16(14-26)10-12-25)23-18(22-19)8-7-15-5-3-2-4-6-15/h2-6,13,16,26H,7-12,14H2,1H3. The van der Waals surface area contributed by atoms with E-state index in [1.807, 2.05) is 24.0 Å². The first-order chi connectivity index (χ1) is 12.7. The third-order valence-corrected chi connectivity index (χ3v) is 5.27. The number of aryl methyl sites for hydroxylation is 3. The molecule has 136 valence electrons. The zero-order valence-electron chi connectivity index (χ0n) is 15.2. The molecule has 0 unspecified atom stereocenters. The summed E-state index contributed by atoms with van der Waals surface area (Å²) in [6.07, 6.45) is 5.61. The first-order valence-corrected chi connectivity index (χ1v) is 9.33. The van der Waals surface area contributed by atoms with Gasteiger partial charge in [-0.2, -0.15) is 5.10 Å². The van der Waals surface area contributed by atoms with E-state index in [-0.39, 0.29) is 6.61 Å². The summed E-state index contributed by atoms with van der Waals surface area (Å²) in [6.45, 7) is 2.12. The molecule has 0 aliphatic carbocycles. The molecule has 1 N–H and O–H groups in total. The Morgan fingerprint density at radius 2 is 1.85 bits per heavy atom. The largest absolute Gasteiger partial charge is 0.396 e. The number of aliphatic hydroxyl groups excluding tert-OH is 1. The van der Waals surface area contributed by atoms with Crippen LogP contribution in [0, 0.1) is 5.92 Å². The second kappa shape index (κ2) is 7.41. The van der Waals surface area contributed by atoms with Gasteiger partial charge in [-0.25, -0.2) is 9.97 Å². The fourth-order valence-corrected chi connectivity index (χ4v) is 3.63. The number of rotatable bonds is 5. The van der Waals surface area contributed by atoms with Gasteiger partial charge in [-0.05, 0) is 30.7 Å². The molecule has 0 amide bonds. The van der Waals surface area contributed by atoms with Gasteiger partial charge in [0.15, 0.2) is 5.65 Å². The average Bonchev–Trinajstić information content (AvgIpc) is 3.08. The molecule has 1 fully saturated rings. The average molecular weight is 351 g/mol. The van der Waals surface area contributed by atoms with Crippen LogP contribution >= 0.6 is 0 Å². The summed E-state index contributed by atoms with van der Waals surface area (Å²) in [7, 11) is 1.93. The summed E-state index contributed by atoms with van der Waals surface area (Å²) in [6, 6.07) is 10.5. The van der Waals surface area contributed by atoms with Crippen molar-refractivity contribution in [1.29, 1.82) is 0 Å². The number of aliphatic hydroxyl groups is 1. The van der Waals surface area contributed by atoms with Gasteiger partial charge in [0.25, 0.3) is 0 Å². The zero-order chi connectivity index (χ0) is 17.9. The van der Waals surface area contributed by atoms with Crippen LogP contribution in [0.25, 0.3) is 11.0 Å². The Kier molecular flexibility index (Phi) is 4.84. The lowest BCUT2D eigenvalue weighted by molar-refractivity contribution is 0.203. The highest BCUT2D eigenvalue weighted by molar-refractivity contribution is 5.87. The lowest BCUT2D eigenvalue weighted by Crippen LogP contribution is -2.35. The number of hydrogen-bond donors (Lipinski definition) is 1. The van der Waals surface area contributed by atoms with E-state index < -0.39 is 0 Å². The molecule has 26 heavy (non-hydrogen) atoms. The summed E-state index contributed by atoms with van der Waals surface area (Å²) < 4.78 is 1.83. The Morgan fingerprint density at radius 3 is 2.58 bits per heavy atom. The van der Waals surface area contributed by atoms with Crippen LogP contribution < -0.4 is 4.90 Å². The van der Waals surface area contributed by atoms with Gasteiger partial charge in [-0.15, -0.1) is 0 Å². The smallest absolute Gasteiger partial charge is 0.163 e. The van der Waals surface area contributed by atoms with E-state index in [2.05, 4.69) is 34.3 Å². The fraction of sp³-hybridized carbons (Fsp3) is 0.450. The van der Waals surface area contributed by atoms with Crippen molar-refractivity contribution in [3.63, 3.8) is 0 Å². The van der Waals surface area contributed by atoms with E-state index in [9.17, 15) is 5.11 Å². The molecule has 0 saturated carbocycles. The summed E-state index contributed by atoms with van der Waals surface area (Å²) >= 11 is 0. The number of anilines is 1. The normalized spacial score (nSPS) is 15.7. The molecule has 1 saturated heterocycles. The Morgan fingerprint density at radius 1 is 1.08 bits per heavy atom. The Labute approximate surface area is 153 Å². The van der Waals surface area contributed by atoms with Crippen LogP contribution in [0.5, 0.6) is 0 Å². The zero-order valence-corrected chi connectivity index (χ0v) is 15.2. The van der Waals surface area contributed by atoms with Gasteiger partial charge < -0.3 is 10.0 Å². The van der Waals surface area contributed by atoms with Gasteiger partial charge in [-0.1, -0.05) is 30.3 Å². The SMILES string of the molecule is Cn1ncc2c(N3CCC(CO)CC3)nc(CCc3ccccc3)nc21. The van der Waals surface area contributed by atoms with Crippen molar-refractivity contribution >= 4 is 16.9 Å². The lowest BCUT2D eigenvalue weighted by atomic mass is 9.98. The molecule has 3 heterocycles. The highest BCUT2D eigenvalue weighted by Gasteiger charge is 2.23. The van der Waals surface area contributed by atoms with Gasteiger partial charge in [0.1, 0.15) is 11.6 Å². The third-order valence-electron chi connectivity index (χ3n) is 5.27. The van der Waals surface area contributed by atoms with E-state index in [1.165, 1.54) is 5.56 Å². The highest BCUT2D eigenvalue weighted by atomic mass is 16.3. The molecule has 1 aliphatic heterocycles. The van der Waals surface area contributed by atoms with Crippen LogP contribution in [0.3, 0.4) is 0 Å². The minimum Gasteiger partial charge on any atom is -0.396 e. The number of hydrogen-bond acceptors (Lipinski definition) is 5. The molecule has 2 aromatic heterocycles. The monoisotopic (exact) mass is 351 g/mol. The first-order valence-electron chi connectivity index (χ1n) is 9.33. The van der Waals surface area contributed by atoms with Gasteiger partial charge in [0.2, 0.25) is 0 Å². The fourth-order valence-electron chi connectivity index (χ4n) is 3.63. The third kappa shape index (κ3) is 3.42. The predicted octanol–water partition coefficient (Wildman–Crippen LogP) is 2.36. The number of benzene rings is 1. The lowest BCUT2D eigenvalue weighted by Gasteiger charge is -2.32. The second-order valence-corrected chi connectivity index (χ2v) is 7.07. The molecule has 6 nitrogen and oxygen atoms in total. The molecular weight excluding hydrogens is 326 g/mol. The molecule has 3 aromatic rings. The molecule has 0 spiro atoms. The minimum absolute atomic E-state index is 0.280. The van der Waals surface area contributed by atoms with Crippen LogP contribution in [0.2, 0.25) is 0 Å². The summed E-state index contributed by atoms with van der Waals surface area (Å²) in [4.78, 5) is 12.0. The molecular formula is C20H25N5O. The predicted molar refractivity (Wildman–Crippen MR) is 102 cm³/mol. The molecule has 1 aromatic carbocycles. The van der Waals surface area contributed by atoms with Crippen molar-refractivity contribution in [3.05, 3.63) is 47.9 Å². The summed E-state index contributed by atoms with van der Waals surface area (Å²) in [5.74, 6) is 2.27. The maximum absolute atomic E-state index is 9.39. The van der Waals surface area contributed by atoms with Crippen molar-refractivity contribution in [2.45, 2.75) is 25.7 Å². The van der Waals surface area contributed by atoms with Crippen molar-refractivity contribution < 1.29 is 5.11 Å². The number of fused-ring (bicyclic) bond motifs is 1. The van der Waals surface area contributed by atoms with Crippen LogP contribution in [-0.2, 0) is 19.9 Å². The van der Waals surface area contributed by atoms with E-state index in [0.717, 1.165) is 61.4 Å². The first kappa shape index (κ1) is 17.0. The van der Waals surface area contributed by atoms with Gasteiger partial charge in [0, 0.05) is 33.2 Å². The second-order valence-electron chi connectivity index (χ2n) is 7.07. The molecule has 0 bridgehead atoms.